The lowest BCUT2D eigenvalue weighted by molar-refractivity contribution is -0.167. The van der Waals surface area contributed by atoms with Crippen LogP contribution in [-0.2, 0) is 28.6 Å². The van der Waals surface area contributed by atoms with Crippen molar-refractivity contribution in [3.8, 4) is 0 Å². The second kappa shape index (κ2) is 53.2. The van der Waals surface area contributed by atoms with E-state index < -0.39 is 6.10 Å². The van der Waals surface area contributed by atoms with Gasteiger partial charge in [0.25, 0.3) is 0 Å². The first kappa shape index (κ1) is 66.4. The molecule has 0 aromatic carbocycles. The predicted molar refractivity (Wildman–Crippen MR) is 293 cm³/mol. The van der Waals surface area contributed by atoms with Gasteiger partial charge in [-0.05, 0) is 37.0 Å². The van der Waals surface area contributed by atoms with Crippen molar-refractivity contribution in [1.82, 2.24) is 0 Å². The molecule has 0 saturated carbocycles. The summed E-state index contributed by atoms with van der Waals surface area (Å²) in [5, 5.41) is 0. The normalized spacial score (nSPS) is 12.9. The third kappa shape index (κ3) is 52.2. The summed E-state index contributed by atoms with van der Waals surface area (Å²) < 4.78 is 16.9. The molecule has 0 radical (unpaired) electrons. The number of ether oxygens (including phenoxy) is 3. The molecule has 0 bridgehead atoms. The molecule has 0 aliphatic heterocycles. The number of hydrogen-bond donors (Lipinski definition) is 0. The Bertz CT molecular complexity index is 1060. The summed E-state index contributed by atoms with van der Waals surface area (Å²) in [7, 11) is 0. The molecule has 3 atom stereocenters. The van der Waals surface area contributed by atoms with Crippen LogP contribution >= 0.6 is 0 Å². The standard InChI is InChI=1S/C62H120O6/c1-7-57(5)49-43-37-31-25-19-15-12-13-16-20-27-33-39-45-51-60(63)66-54-59(55-67-61(64)52-46-40-34-28-23-22-26-32-38-44-50-58(6)8-2)68-62(65)53-47-41-35-29-21-17-11-9-10-14-18-24-30-36-42-48-56(3)4/h56-59H,7-55H2,1-6H3/t57?,58?,59-/m1/s1. The SMILES string of the molecule is CCC(C)CCCCCCCCCCCCCCCCC(=O)OC[C@H](COC(=O)CCCCCCCCCCCCC(C)CC)OC(=O)CCCCCCCCCCCCCCCCCC(C)C. The minimum Gasteiger partial charge on any atom is -0.462 e. The molecule has 0 aromatic heterocycles. The van der Waals surface area contributed by atoms with Crippen LogP contribution in [0.2, 0.25) is 0 Å². The maximum atomic E-state index is 12.9. The van der Waals surface area contributed by atoms with Crippen molar-refractivity contribution in [2.75, 3.05) is 13.2 Å². The zero-order valence-electron chi connectivity index (χ0n) is 46.9. The van der Waals surface area contributed by atoms with Crippen molar-refractivity contribution in [1.29, 1.82) is 0 Å². The van der Waals surface area contributed by atoms with Gasteiger partial charge in [0.15, 0.2) is 6.10 Å². The number of rotatable bonds is 55. The van der Waals surface area contributed by atoms with Crippen LogP contribution in [0.5, 0.6) is 0 Å². The Morgan fingerprint density at radius 2 is 0.515 bits per heavy atom. The number of esters is 3. The Hall–Kier alpha value is -1.59. The van der Waals surface area contributed by atoms with Crippen LogP contribution in [0.15, 0.2) is 0 Å². The fourth-order valence-electron chi connectivity index (χ4n) is 9.47. The van der Waals surface area contributed by atoms with E-state index >= 15 is 0 Å². The molecular formula is C62H120O6. The van der Waals surface area contributed by atoms with Crippen molar-refractivity contribution in [2.24, 2.45) is 17.8 Å². The average molecular weight is 962 g/mol. The fourth-order valence-corrected chi connectivity index (χ4v) is 9.47. The molecule has 404 valence electrons. The van der Waals surface area contributed by atoms with E-state index in [0.29, 0.717) is 19.3 Å². The highest BCUT2D eigenvalue weighted by atomic mass is 16.6. The highest BCUT2D eigenvalue weighted by Crippen LogP contribution is 2.19. The first-order chi connectivity index (χ1) is 33.2. The summed E-state index contributed by atoms with van der Waals surface area (Å²) in [5.41, 5.74) is 0. The van der Waals surface area contributed by atoms with Gasteiger partial charge in [-0.1, -0.05) is 305 Å². The van der Waals surface area contributed by atoms with Crippen LogP contribution in [0.4, 0.5) is 0 Å². The van der Waals surface area contributed by atoms with Crippen molar-refractivity contribution in [2.45, 2.75) is 349 Å². The first-order valence-corrected chi connectivity index (χ1v) is 30.7. The van der Waals surface area contributed by atoms with Crippen LogP contribution in [0, 0.1) is 17.8 Å². The molecular weight excluding hydrogens is 841 g/mol. The molecule has 0 aromatic rings. The second-order valence-corrected chi connectivity index (χ2v) is 22.3. The number of hydrogen-bond acceptors (Lipinski definition) is 6. The van der Waals surface area contributed by atoms with Crippen molar-refractivity contribution < 1.29 is 28.6 Å². The summed E-state index contributed by atoms with van der Waals surface area (Å²) in [6, 6.07) is 0. The molecule has 0 rings (SSSR count). The minimum absolute atomic E-state index is 0.0631. The lowest BCUT2D eigenvalue weighted by Gasteiger charge is -2.18. The molecule has 0 saturated heterocycles. The lowest BCUT2D eigenvalue weighted by atomic mass is 9.99. The Kier molecular flexibility index (Phi) is 52.0. The predicted octanol–water partition coefficient (Wildman–Crippen LogP) is 20.3. The van der Waals surface area contributed by atoms with Gasteiger partial charge in [-0.3, -0.25) is 14.4 Å². The molecule has 2 unspecified atom stereocenters. The van der Waals surface area contributed by atoms with Crippen molar-refractivity contribution >= 4 is 17.9 Å². The molecule has 0 amide bonds. The minimum atomic E-state index is -0.764. The van der Waals surface area contributed by atoms with Crippen LogP contribution in [-0.4, -0.2) is 37.2 Å². The molecule has 6 nitrogen and oxygen atoms in total. The molecule has 0 heterocycles. The van der Waals surface area contributed by atoms with Gasteiger partial charge in [0, 0.05) is 19.3 Å². The quantitative estimate of drug-likeness (QED) is 0.0343. The maximum absolute atomic E-state index is 12.9. The van der Waals surface area contributed by atoms with Crippen molar-refractivity contribution in [3.63, 3.8) is 0 Å². The van der Waals surface area contributed by atoms with E-state index in [1.807, 2.05) is 0 Å². The van der Waals surface area contributed by atoms with E-state index in [4.69, 9.17) is 14.2 Å². The van der Waals surface area contributed by atoms with E-state index in [1.165, 1.54) is 225 Å². The van der Waals surface area contributed by atoms with Gasteiger partial charge in [0.05, 0.1) is 0 Å². The lowest BCUT2D eigenvalue weighted by Crippen LogP contribution is -2.30. The largest absolute Gasteiger partial charge is 0.462 e. The molecule has 0 spiro atoms. The number of carbonyl (C=O) groups is 3. The number of unbranched alkanes of at least 4 members (excludes halogenated alkanes) is 36. The van der Waals surface area contributed by atoms with Gasteiger partial charge in [0.1, 0.15) is 13.2 Å². The summed E-state index contributed by atoms with van der Waals surface area (Å²) in [5.74, 6) is 1.77. The van der Waals surface area contributed by atoms with Crippen LogP contribution in [0.1, 0.15) is 343 Å². The zero-order valence-corrected chi connectivity index (χ0v) is 46.9. The Labute approximate surface area is 425 Å². The van der Waals surface area contributed by atoms with Gasteiger partial charge >= 0.3 is 17.9 Å². The fraction of sp³-hybridized carbons (Fsp3) is 0.952. The highest BCUT2D eigenvalue weighted by molar-refractivity contribution is 5.71. The Balaban J connectivity index is 4.30. The van der Waals surface area contributed by atoms with Crippen LogP contribution in [0.25, 0.3) is 0 Å². The van der Waals surface area contributed by atoms with E-state index in [9.17, 15) is 14.4 Å². The van der Waals surface area contributed by atoms with Gasteiger partial charge in [0.2, 0.25) is 0 Å². The number of carbonyl (C=O) groups excluding carboxylic acids is 3. The van der Waals surface area contributed by atoms with Crippen LogP contribution in [0.3, 0.4) is 0 Å². The molecule has 0 fully saturated rings. The van der Waals surface area contributed by atoms with E-state index in [0.717, 1.165) is 75.5 Å². The molecule has 0 N–H and O–H groups in total. The first-order valence-electron chi connectivity index (χ1n) is 30.7. The summed E-state index contributed by atoms with van der Waals surface area (Å²) in [6.45, 7) is 13.8. The Morgan fingerprint density at radius 1 is 0.294 bits per heavy atom. The average Bonchev–Trinajstić information content (AvgIpc) is 3.33. The molecule has 68 heavy (non-hydrogen) atoms. The molecule has 0 aliphatic carbocycles. The maximum Gasteiger partial charge on any atom is 0.306 e. The van der Waals surface area contributed by atoms with Gasteiger partial charge in [-0.15, -0.1) is 0 Å². The van der Waals surface area contributed by atoms with Crippen LogP contribution < -0.4 is 0 Å². The topological polar surface area (TPSA) is 78.9 Å². The third-order valence-corrected chi connectivity index (χ3v) is 14.9. The highest BCUT2D eigenvalue weighted by Gasteiger charge is 2.19. The summed E-state index contributed by atoms with van der Waals surface area (Å²) >= 11 is 0. The zero-order chi connectivity index (χ0) is 49.8. The second-order valence-electron chi connectivity index (χ2n) is 22.3. The van der Waals surface area contributed by atoms with E-state index in [1.54, 1.807) is 0 Å². The van der Waals surface area contributed by atoms with E-state index in [-0.39, 0.29) is 31.1 Å². The Morgan fingerprint density at radius 3 is 0.765 bits per heavy atom. The smallest absolute Gasteiger partial charge is 0.306 e. The monoisotopic (exact) mass is 961 g/mol. The van der Waals surface area contributed by atoms with Crippen molar-refractivity contribution in [3.05, 3.63) is 0 Å². The van der Waals surface area contributed by atoms with Gasteiger partial charge < -0.3 is 14.2 Å². The van der Waals surface area contributed by atoms with Gasteiger partial charge in [-0.25, -0.2) is 0 Å². The molecule has 6 heteroatoms. The third-order valence-electron chi connectivity index (χ3n) is 14.9. The van der Waals surface area contributed by atoms with E-state index in [2.05, 4.69) is 41.5 Å². The van der Waals surface area contributed by atoms with Gasteiger partial charge in [-0.2, -0.15) is 0 Å². The summed E-state index contributed by atoms with van der Waals surface area (Å²) in [6.07, 6.45) is 56.5. The summed E-state index contributed by atoms with van der Waals surface area (Å²) in [4.78, 5) is 38.2. The molecule has 0 aliphatic rings.